The molecule has 0 unspecified atom stereocenters. The van der Waals surface area contributed by atoms with Crippen molar-refractivity contribution in [2.75, 3.05) is 21.3 Å². The van der Waals surface area contributed by atoms with Crippen molar-refractivity contribution in [2.24, 2.45) is 5.73 Å². The minimum absolute atomic E-state index is 0.984. The highest BCUT2D eigenvalue weighted by Crippen LogP contribution is 2.06. The molecule has 0 aliphatic heterocycles. The Bertz CT molecular complexity index is 128. The van der Waals surface area contributed by atoms with Crippen molar-refractivity contribution in [3.05, 3.63) is 0 Å². The van der Waals surface area contributed by atoms with Gasteiger partial charge in [0.05, 0.1) is 0 Å². The van der Waals surface area contributed by atoms with E-state index >= 15 is 0 Å². The molecular weight excluding hydrogens is 170 g/mol. The molecule has 0 bridgehead atoms. The van der Waals surface area contributed by atoms with Gasteiger partial charge in [-0.05, 0) is 0 Å². The molecule has 66 valence electrons. The van der Waals surface area contributed by atoms with Gasteiger partial charge >= 0.3 is 15.1 Å². The van der Waals surface area contributed by atoms with Gasteiger partial charge in [0.1, 0.15) is 0 Å². The van der Waals surface area contributed by atoms with Crippen LogP contribution in [0.2, 0.25) is 0 Å². The predicted octanol–water partition coefficient (Wildman–Crippen LogP) is -0.544. The summed E-state index contributed by atoms with van der Waals surface area (Å²) in [6.45, 7) is 0. The summed E-state index contributed by atoms with van der Waals surface area (Å²) in [7, 11) is 0.668. The molecule has 0 heterocycles. The first-order valence-corrected chi connectivity index (χ1v) is 4.37. The van der Waals surface area contributed by atoms with Crippen molar-refractivity contribution in [1.29, 1.82) is 0 Å². The molecule has 6 nitrogen and oxygen atoms in total. The molecule has 0 spiro atoms. The number of hydrogen-bond donors (Lipinski definition) is 1. The van der Waals surface area contributed by atoms with E-state index in [1.807, 2.05) is 0 Å². The molecular formula is C4H11NO5Si. The van der Waals surface area contributed by atoms with E-state index in [0.29, 0.717) is 0 Å². The molecule has 0 aromatic heterocycles. The third-order valence-electron chi connectivity index (χ3n) is 0.976. The normalized spacial score (nSPS) is 11.2. The van der Waals surface area contributed by atoms with E-state index in [4.69, 9.17) is 19.0 Å². The second-order valence-electron chi connectivity index (χ2n) is 1.53. The van der Waals surface area contributed by atoms with Crippen LogP contribution in [0.15, 0.2) is 0 Å². The van der Waals surface area contributed by atoms with Crippen LogP contribution in [0.4, 0.5) is 4.79 Å². The standard InChI is InChI=1S/C4H11NO5Si/c1-7-11(8-2,9-3)10-4(5)6/h1-3H3,(H2,5,6). The number of carbonyl (C=O) groups excluding carboxylic acids is 1. The molecule has 1 amide bonds. The van der Waals surface area contributed by atoms with Gasteiger partial charge in [-0.3, -0.25) is 0 Å². The van der Waals surface area contributed by atoms with Gasteiger partial charge in [-0.1, -0.05) is 0 Å². The fourth-order valence-electron chi connectivity index (χ4n) is 0.498. The van der Waals surface area contributed by atoms with Crippen LogP contribution >= 0.6 is 0 Å². The Morgan fingerprint density at radius 1 is 1.18 bits per heavy atom. The minimum atomic E-state index is -3.26. The number of amides is 1. The number of rotatable bonds is 4. The van der Waals surface area contributed by atoms with Crippen molar-refractivity contribution >= 4 is 15.1 Å². The summed E-state index contributed by atoms with van der Waals surface area (Å²) < 4.78 is 18.7. The lowest BCUT2D eigenvalue weighted by Gasteiger charge is -2.20. The maximum absolute atomic E-state index is 10.3. The molecule has 0 aromatic carbocycles. The summed E-state index contributed by atoms with van der Waals surface area (Å²) in [5, 5.41) is 0. The van der Waals surface area contributed by atoms with Crippen molar-refractivity contribution in [2.45, 2.75) is 0 Å². The first kappa shape index (κ1) is 10.4. The summed E-state index contributed by atoms with van der Waals surface area (Å²) >= 11 is 0. The smallest absolute Gasteiger partial charge is 0.435 e. The molecule has 0 saturated carbocycles. The van der Waals surface area contributed by atoms with E-state index < -0.39 is 15.1 Å². The lowest BCUT2D eigenvalue weighted by molar-refractivity contribution is 0.0322. The van der Waals surface area contributed by atoms with Gasteiger partial charge in [-0.25, -0.2) is 4.79 Å². The summed E-state index contributed by atoms with van der Waals surface area (Å²) in [5.41, 5.74) is 4.74. The fraction of sp³-hybridized carbons (Fsp3) is 0.750. The van der Waals surface area contributed by atoms with Crippen LogP contribution in [0.1, 0.15) is 0 Å². The van der Waals surface area contributed by atoms with Crippen LogP contribution in [0, 0.1) is 0 Å². The van der Waals surface area contributed by atoms with E-state index in [1.54, 1.807) is 0 Å². The molecule has 2 N–H and O–H groups in total. The topological polar surface area (TPSA) is 80.0 Å². The van der Waals surface area contributed by atoms with Gasteiger partial charge in [0.15, 0.2) is 0 Å². The third-order valence-corrected chi connectivity index (χ3v) is 2.93. The molecule has 0 aliphatic rings. The quantitative estimate of drug-likeness (QED) is 0.589. The van der Waals surface area contributed by atoms with Crippen molar-refractivity contribution in [3.8, 4) is 0 Å². The summed E-state index contributed by atoms with van der Waals surface area (Å²) in [6, 6.07) is 0. The van der Waals surface area contributed by atoms with E-state index in [9.17, 15) is 4.79 Å². The Balaban J connectivity index is 4.16. The van der Waals surface area contributed by atoms with Gasteiger partial charge < -0.3 is 23.4 Å². The average Bonchev–Trinajstić information content (AvgIpc) is 2.00. The minimum Gasteiger partial charge on any atom is -0.435 e. The second-order valence-corrected chi connectivity index (χ2v) is 3.96. The zero-order valence-corrected chi connectivity index (χ0v) is 7.62. The molecule has 7 heteroatoms. The molecule has 11 heavy (non-hydrogen) atoms. The van der Waals surface area contributed by atoms with Gasteiger partial charge in [0.2, 0.25) is 0 Å². The molecule has 0 fully saturated rings. The molecule has 0 atom stereocenters. The van der Waals surface area contributed by atoms with Crippen LogP contribution in [0.25, 0.3) is 0 Å². The second kappa shape index (κ2) is 4.29. The van der Waals surface area contributed by atoms with Crippen molar-refractivity contribution in [3.63, 3.8) is 0 Å². The van der Waals surface area contributed by atoms with Crippen LogP contribution in [0.3, 0.4) is 0 Å². The van der Waals surface area contributed by atoms with Crippen molar-refractivity contribution in [1.82, 2.24) is 0 Å². The third kappa shape index (κ3) is 2.85. The summed E-state index contributed by atoms with van der Waals surface area (Å²) in [6.07, 6.45) is -0.984. The largest absolute Gasteiger partial charge is 0.752 e. The van der Waals surface area contributed by atoms with E-state index in [1.165, 1.54) is 21.3 Å². The Hall–Kier alpha value is -0.633. The zero-order valence-electron chi connectivity index (χ0n) is 6.62. The van der Waals surface area contributed by atoms with Crippen molar-refractivity contribution < 1.29 is 22.5 Å². The van der Waals surface area contributed by atoms with E-state index in [-0.39, 0.29) is 0 Å². The van der Waals surface area contributed by atoms with Gasteiger partial charge in [0.25, 0.3) is 0 Å². The predicted molar refractivity (Wildman–Crippen MR) is 37.4 cm³/mol. The summed E-state index contributed by atoms with van der Waals surface area (Å²) in [4.78, 5) is 10.3. The first-order chi connectivity index (χ1) is 5.10. The Morgan fingerprint density at radius 2 is 1.55 bits per heavy atom. The average molecular weight is 181 g/mol. The Kier molecular flexibility index (Phi) is 4.04. The first-order valence-electron chi connectivity index (χ1n) is 2.74. The lowest BCUT2D eigenvalue weighted by atomic mass is 11.3. The van der Waals surface area contributed by atoms with Crippen LogP contribution < -0.4 is 5.73 Å². The highest BCUT2D eigenvalue weighted by Gasteiger charge is 2.46. The SMILES string of the molecule is CO[Si](OC)(OC)OC(N)=O. The molecule has 0 radical (unpaired) electrons. The maximum atomic E-state index is 10.3. The van der Waals surface area contributed by atoms with Crippen LogP contribution in [0.5, 0.6) is 0 Å². The fourth-order valence-corrected chi connectivity index (χ4v) is 1.49. The van der Waals surface area contributed by atoms with Crippen LogP contribution in [-0.4, -0.2) is 36.5 Å². The van der Waals surface area contributed by atoms with Gasteiger partial charge in [-0.2, -0.15) is 0 Å². The molecule has 0 rings (SSSR count). The highest BCUT2D eigenvalue weighted by atomic mass is 28.4. The molecule has 0 aromatic rings. The summed E-state index contributed by atoms with van der Waals surface area (Å²) in [5.74, 6) is 0. The maximum Gasteiger partial charge on any atom is 0.752 e. The molecule has 0 aliphatic carbocycles. The van der Waals surface area contributed by atoms with E-state index in [2.05, 4.69) is 4.43 Å². The number of nitrogens with two attached hydrogens (primary N) is 1. The number of hydrogen-bond acceptors (Lipinski definition) is 5. The number of primary amides is 1. The zero-order chi connectivity index (χ0) is 8.91. The van der Waals surface area contributed by atoms with Gasteiger partial charge in [0, 0.05) is 21.3 Å². The Morgan fingerprint density at radius 3 is 1.64 bits per heavy atom. The lowest BCUT2D eigenvalue weighted by Crippen LogP contribution is -2.49. The Labute approximate surface area is 65.7 Å². The van der Waals surface area contributed by atoms with Gasteiger partial charge in [-0.15, -0.1) is 0 Å². The monoisotopic (exact) mass is 181 g/mol. The highest BCUT2D eigenvalue weighted by molar-refractivity contribution is 6.55. The van der Waals surface area contributed by atoms with E-state index in [0.717, 1.165) is 0 Å². The number of carbonyl (C=O) groups is 1. The van der Waals surface area contributed by atoms with Crippen LogP contribution in [-0.2, 0) is 17.7 Å². The molecule has 0 saturated heterocycles.